The van der Waals surface area contributed by atoms with E-state index in [0.717, 1.165) is 18.8 Å². The van der Waals surface area contributed by atoms with Gasteiger partial charge in [0, 0.05) is 20.1 Å². The van der Waals surface area contributed by atoms with Crippen LogP contribution in [0, 0.1) is 0 Å². The van der Waals surface area contributed by atoms with Crippen molar-refractivity contribution in [3.05, 3.63) is 30.3 Å². The largest absolute Gasteiger partial charge is 0.343 e. The van der Waals surface area contributed by atoms with Crippen LogP contribution < -0.4 is 11.3 Å². The maximum atomic E-state index is 5.57. The Kier molecular flexibility index (Phi) is 5.18. The predicted octanol–water partition coefficient (Wildman–Crippen LogP) is 1.16. The summed E-state index contributed by atoms with van der Waals surface area (Å²) in [6.07, 6.45) is 2.65. The molecule has 1 saturated heterocycles. The number of rotatable bonds is 4. The van der Waals surface area contributed by atoms with Crippen LogP contribution in [0.25, 0.3) is 0 Å². The van der Waals surface area contributed by atoms with Gasteiger partial charge in [0.15, 0.2) is 0 Å². The molecule has 0 bridgehead atoms. The number of guanidine groups is 1. The molecule has 1 fully saturated rings. The second-order valence-corrected chi connectivity index (χ2v) is 4.89. The van der Waals surface area contributed by atoms with Gasteiger partial charge in [0.1, 0.15) is 0 Å². The molecular weight excluding hydrogens is 238 g/mol. The number of para-hydroxylation sites is 1. The van der Waals surface area contributed by atoms with Gasteiger partial charge in [-0.2, -0.15) is 0 Å². The van der Waals surface area contributed by atoms with Crippen molar-refractivity contribution in [1.29, 1.82) is 0 Å². The summed E-state index contributed by atoms with van der Waals surface area (Å²) < 4.78 is 0. The number of nitrogens with two attached hydrogens (primary N) is 1. The molecule has 0 unspecified atom stereocenters. The van der Waals surface area contributed by atoms with Gasteiger partial charge in [-0.1, -0.05) is 18.2 Å². The third kappa shape index (κ3) is 4.22. The van der Waals surface area contributed by atoms with Crippen LogP contribution in [0.4, 0.5) is 5.69 Å². The number of aliphatic imine (C=N–C) groups is 1. The highest BCUT2D eigenvalue weighted by Gasteiger charge is 2.13. The minimum Gasteiger partial charge on any atom is -0.343 e. The van der Waals surface area contributed by atoms with Crippen LogP contribution in [-0.4, -0.2) is 49.0 Å². The highest BCUT2D eigenvalue weighted by atomic mass is 15.4. The average Bonchev–Trinajstić information content (AvgIpc) is 2.96. The third-order valence-corrected chi connectivity index (χ3v) is 3.43. The summed E-state index contributed by atoms with van der Waals surface area (Å²) in [5.74, 6) is 6.27. The van der Waals surface area contributed by atoms with E-state index >= 15 is 0 Å². The number of likely N-dealkylation sites (N-methyl/N-ethyl adjacent to an activating group) is 1. The zero-order valence-electron chi connectivity index (χ0n) is 11.5. The Morgan fingerprint density at radius 3 is 2.63 bits per heavy atom. The van der Waals surface area contributed by atoms with Crippen LogP contribution in [-0.2, 0) is 0 Å². The minimum absolute atomic E-state index is 0.699. The Labute approximate surface area is 115 Å². The Bertz CT molecular complexity index is 398. The standard InChI is InChI=1S/C14H23N5/c1-18(11-12-19-9-5-6-10-19)14(17-15)16-13-7-3-2-4-8-13/h2-4,7-8H,5-6,9-12,15H2,1H3,(H,16,17). The van der Waals surface area contributed by atoms with Gasteiger partial charge in [0.25, 0.3) is 0 Å². The van der Waals surface area contributed by atoms with Crippen molar-refractivity contribution in [3.8, 4) is 0 Å². The molecule has 104 valence electrons. The van der Waals surface area contributed by atoms with Crippen LogP contribution in [0.5, 0.6) is 0 Å². The Morgan fingerprint density at radius 1 is 1.32 bits per heavy atom. The summed E-state index contributed by atoms with van der Waals surface area (Å²) in [5, 5.41) is 0. The van der Waals surface area contributed by atoms with Gasteiger partial charge in [-0.3, -0.25) is 5.43 Å². The predicted molar refractivity (Wildman–Crippen MR) is 79.2 cm³/mol. The molecule has 1 aromatic rings. The first-order chi connectivity index (χ1) is 9.29. The lowest BCUT2D eigenvalue weighted by molar-refractivity contribution is 0.305. The molecule has 5 heteroatoms. The molecule has 0 saturated carbocycles. The maximum absolute atomic E-state index is 5.57. The van der Waals surface area contributed by atoms with Crippen molar-refractivity contribution >= 4 is 11.6 Å². The number of nitrogens with zero attached hydrogens (tertiary/aromatic N) is 3. The first kappa shape index (κ1) is 13.8. The van der Waals surface area contributed by atoms with E-state index in [1.807, 2.05) is 37.4 Å². The molecule has 0 radical (unpaired) electrons. The number of hydrogen-bond acceptors (Lipinski definition) is 3. The molecule has 2 rings (SSSR count). The molecule has 1 aromatic carbocycles. The second kappa shape index (κ2) is 7.11. The molecule has 1 aliphatic rings. The normalized spacial score (nSPS) is 16.6. The quantitative estimate of drug-likeness (QED) is 0.370. The third-order valence-electron chi connectivity index (χ3n) is 3.43. The molecule has 1 aliphatic heterocycles. The van der Waals surface area contributed by atoms with Gasteiger partial charge < -0.3 is 9.80 Å². The Balaban J connectivity index is 1.90. The second-order valence-electron chi connectivity index (χ2n) is 4.89. The van der Waals surface area contributed by atoms with E-state index in [4.69, 9.17) is 5.84 Å². The molecular formula is C14H23N5. The van der Waals surface area contributed by atoms with Gasteiger partial charge in [-0.05, 0) is 38.1 Å². The number of likely N-dealkylation sites (tertiary alicyclic amines) is 1. The van der Waals surface area contributed by atoms with Crippen molar-refractivity contribution in [2.75, 3.05) is 33.2 Å². The van der Waals surface area contributed by atoms with Crippen LogP contribution in [0.1, 0.15) is 12.8 Å². The van der Waals surface area contributed by atoms with Crippen LogP contribution in [0.3, 0.4) is 0 Å². The zero-order valence-corrected chi connectivity index (χ0v) is 11.5. The summed E-state index contributed by atoms with van der Waals surface area (Å²) >= 11 is 0. The van der Waals surface area contributed by atoms with E-state index in [0.29, 0.717) is 5.96 Å². The van der Waals surface area contributed by atoms with Gasteiger partial charge in [-0.15, -0.1) is 0 Å². The van der Waals surface area contributed by atoms with E-state index in [9.17, 15) is 0 Å². The summed E-state index contributed by atoms with van der Waals surface area (Å²) in [5.41, 5.74) is 3.59. The Hall–Kier alpha value is -1.59. The van der Waals surface area contributed by atoms with Crippen molar-refractivity contribution in [3.63, 3.8) is 0 Å². The summed E-state index contributed by atoms with van der Waals surface area (Å²) in [4.78, 5) is 9.05. The first-order valence-electron chi connectivity index (χ1n) is 6.83. The van der Waals surface area contributed by atoms with Crippen LogP contribution >= 0.6 is 0 Å². The highest BCUT2D eigenvalue weighted by Crippen LogP contribution is 2.10. The highest BCUT2D eigenvalue weighted by molar-refractivity contribution is 5.81. The van der Waals surface area contributed by atoms with E-state index in [1.54, 1.807) is 0 Å². The number of hydrogen-bond donors (Lipinski definition) is 2. The van der Waals surface area contributed by atoms with E-state index in [1.165, 1.54) is 25.9 Å². The smallest absolute Gasteiger partial charge is 0.213 e. The number of benzene rings is 1. The van der Waals surface area contributed by atoms with Gasteiger partial charge in [0.05, 0.1) is 5.69 Å². The molecule has 0 aromatic heterocycles. The maximum Gasteiger partial charge on any atom is 0.213 e. The van der Waals surface area contributed by atoms with Crippen molar-refractivity contribution in [2.45, 2.75) is 12.8 Å². The van der Waals surface area contributed by atoms with E-state index in [-0.39, 0.29) is 0 Å². The fraction of sp³-hybridized carbons (Fsp3) is 0.500. The molecule has 0 amide bonds. The van der Waals surface area contributed by atoms with E-state index < -0.39 is 0 Å². The summed E-state index contributed by atoms with van der Waals surface area (Å²) in [7, 11) is 2.01. The molecule has 0 spiro atoms. The zero-order chi connectivity index (χ0) is 13.5. The fourth-order valence-electron chi connectivity index (χ4n) is 2.26. The number of nitrogens with one attached hydrogen (secondary N) is 1. The lowest BCUT2D eigenvalue weighted by atomic mass is 10.3. The lowest BCUT2D eigenvalue weighted by Crippen LogP contribution is -2.45. The lowest BCUT2D eigenvalue weighted by Gasteiger charge is -2.23. The van der Waals surface area contributed by atoms with Crippen molar-refractivity contribution in [2.24, 2.45) is 10.8 Å². The Morgan fingerprint density at radius 2 is 2.00 bits per heavy atom. The SMILES string of the molecule is CN(CCN1CCCC1)C(=Nc1ccccc1)NN. The molecule has 0 atom stereocenters. The van der Waals surface area contributed by atoms with Gasteiger partial charge in [-0.25, -0.2) is 10.8 Å². The van der Waals surface area contributed by atoms with Crippen LogP contribution in [0.2, 0.25) is 0 Å². The van der Waals surface area contributed by atoms with Crippen LogP contribution in [0.15, 0.2) is 35.3 Å². The molecule has 5 nitrogen and oxygen atoms in total. The topological polar surface area (TPSA) is 56.9 Å². The van der Waals surface area contributed by atoms with Crippen molar-refractivity contribution < 1.29 is 0 Å². The fourth-order valence-corrected chi connectivity index (χ4v) is 2.26. The molecule has 1 heterocycles. The molecule has 19 heavy (non-hydrogen) atoms. The van der Waals surface area contributed by atoms with E-state index in [2.05, 4.69) is 20.2 Å². The molecule has 3 N–H and O–H groups in total. The molecule has 0 aliphatic carbocycles. The van der Waals surface area contributed by atoms with Crippen molar-refractivity contribution in [1.82, 2.24) is 15.2 Å². The average molecular weight is 261 g/mol. The monoisotopic (exact) mass is 261 g/mol. The van der Waals surface area contributed by atoms with Gasteiger partial charge in [0.2, 0.25) is 5.96 Å². The minimum atomic E-state index is 0.699. The summed E-state index contributed by atoms with van der Waals surface area (Å²) in [6, 6.07) is 9.84. The first-order valence-corrected chi connectivity index (χ1v) is 6.83. The summed E-state index contributed by atoms with van der Waals surface area (Å²) in [6.45, 7) is 4.42. The number of hydrazine groups is 1. The van der Waals surface area contributed by atoms with Gasteiger partial charge >= 0.3 is 0 Å².